The van der Waals surface area contributed by atoms with Gasteiger partial charge in [0, 0.05) is 41.9 Å². The first-order chi connectivity index (χ1) is 17.9. The molecule has 3 heterocycles. The highest BCUT2D eigenvalue weighted by atomic mass is 35.5. The van der Waals surface area contributed by atoms with Crippen LogP contribution in [0.1, 0.15) is 54.7 Å². The number of rotatable bonds is 6. The number of benzene rings is 2. The number of likely N-dealkylation sites (tertiary alicyclic amines) is 1. The summed E-state index contributed by atoms with van der Waals surface area (Å²) in [4.78, 5) is 26.2. The van der Waals surface area contributed by atoms with E-state index in [4.69, 9.17) is 26.2 Å². The molecule has 0 spiro atoms. The number of hydrogen-bond donors (Lipinski definition) is 1. The van der Waals surface area contributed by atoms with Crippen LogP contribution in [0.5, 0.6) is 5.75 Å². The van der Waals surface area contributed by atoms with Crippen LogP contribution in [-0.4, -0.2) is 46.6 Å². The van der Waals surface area contributed by atoms with Gasteiger partial charge in [-0.25, -0.2) is 4.39 Å². The number of amides is 1. The number of ether oxygens (including phenoxy) is 2. The summed E-state index contributed by atoms with van der Waals surface area (Å²) in [5.74, 6) is -1.25. The fourth-order valence-corrected chi connectivity index (χ4v) is 5.52. The Morgan fingerprint density at radius 1 is 1.11 bits per heavy atom. The van der Waals surface area contributed by atoms with Crippen LogP contribution in [0, 0.1) is 11.7 Å². The van der Waals surface area contributed by atoms with Gasteiger partial charge in [-0.3, -0.25) is 9.59 Å². The van der Waals surface area contributed by atoms with Crippen LogP contribution in [0.4, 0.5) is 4.39 Å². The van der Waals surface area contributed by atoms with Crippen molar-refractivity contribution in [1.29, 1.82) is 0 Å². The predicted molar refractivity (Wildman–Crippen MR) is 136 cm³/mol. The zero-order valence-electron chi connectivity index (χ0n) is 20.4. The van der Waals surface area contributed by atoms with Crippen LogP contribution < -0.4 is 4.74 Å². The summed E-state index contributed by atoms with van der Waals surface area (Å²) in [5, 5.41) is 9.57. The summed E-state index contributed by atoms with van der Waals surface area (Å²) in [7, 11) is 1.41. The van der Waals surface area contributed by atoms with E-state index in [0.717, 1.165) is 11.4 Å². The smallest absolute Gasteiger partial charge is 0.303 e. The Kier molecular flexibility index (Phi) is 7.22. The van der Waals surface area contributed by atoms with Crippen molar-refractivity contribution in [2.24, 2.45) is 5.92 Å². The first kappa shape index (κ1) is 25.3. The number of aromatic nitrogens is 1. The topological polar surface area (TPSA) is 81.0 Å². The number of piperidine rings is 1. The molecule has 2 unspecified atom stereocenters. The van der Waals surface area contributed by atoms with Gasteiger partial charge in [0.2, 0.25) is 5.91 Å². The standard InChI is InChI=1S/C28H28ClFN2O5/c1-36-23-6-2-4-19(27(23)30)28-20-15-18(29)7-8-21(20)32-11-3-5-22(32)24(37-28)16-25(33)31-12-9-17(10-13-31)14-26(34)35/h2-8,11,15,17,24,28H,9-10,12-14,16H2,1H3,(H,34,35). The van der Waals surface area contributed by atoms with Crippen LogP contribution in [-0.2, 0) is 14.3 Å². The minimum Gasteiger partial charge on any atom is -0.494 e. The summed E-state index contributed by atoms with van der Waals surface area (Å²) in [6, 6.07) is 14.1. The van der Waals surface area contributed by atoms with Crippen LogP contribution in [0.2, 0.25) is 5.02 Å². The Balaban J connectivity index is 1.47. The fourth-order valence-electron chi connectivity index (χ4n) is 5.34. The molecule has 1 aromatic heterocycles. The van der Waals surface area contributed by atoms with E-state index in [-0.39, 0.29) is 30.4 Å². The van der Waals surface area contributed by atoms with E-state index >= 15 is 4.39 Å². The third kappa shape index (κ3) is 5.08. The summed E-state index contributed by atoms with van der Waals surface area (Å²) >= 11 is 6.37. The van der Waals surface area contributed by atoms with E-state index in [2.05, 4.69) is 0 Å². The van der Waals surface area contributed by atoms with Crippen LogP contribution >= 0.6 is 11.6 Å². The molecule has 1 saturated heterocycles. The molecule has 194 valence electrons. The minimum atomic E-state index is -0.831. The third-order valence-corrected chi connectivity index (χ3v) is 7.46. The van der Waals surface area contributed by atoms with E-state index in [0.29, 0.717) is 42.1 Å². The number of fused-ring (bicyclic) bond motifs is 3. The van der Waals surface area contributed by atoms with Crippen molar-refractivity contribution in [1.82, 2.24) is 9.47 Å². The Bertz CT molecular complexity index is 1320. The highest BCUT2D eigenvalue weighted by Crippen LogP contribution is 2.43. The van der Waals surface area contributed by atoms with Crippen LogP contribution in [0.15, 0.2) is 54.7 Å². The second kappa shape index (κ2) is 10.6. The number of hydrogen-bond acceptors (Lipinski definition) is 4. The molecule has 0 bridgehead atoms. The van der Waals surface area contributed by atoms with Crippen molar-refractivity contribution in [3.8, 4) is 11.4 Å². The number of halogens is 2. The monoisotopic (exact) mass is 526 g/mol. The van der Waals surface area contributed by atoms with Gasteiger partial charge in [-0.1, -0.05) is 23.7 Å². The molecule has 0 radical (unpaired) electrons. The molecular weight excluding hydrogens is 499 g/mol. The van der Waals surface area contributed by atoms with Gasteiger partial charge in [-0.05, 0) is 55.2 Å². The summed E-state index contributed by atoms with van der Waals surface area (Å²) in [5.41, 5.74) is 2.55. The van der Waals surface area contributed by atoms with Gasteiger partial charge in [0.05, 0.1) is 24.9 Å². The first-order valence-electron chi connectivity index (χ1n) is 12.3. The highest BCUT2D eigenvalue weighted by Gasteiger charge is 2.35. The largest absolute Gasteiger partial charge is 0.494 e. The number of aliphatic carboxylic acids is 1. The summed E-state index contributed by atoms with van der Waals surface area (Å²) in [6.45, 7) is 1.02. The average Bonchev–Trinajstić information content (AvgIpc) is 3.32. The van der Waals surface area contributed by atoms with Gasteiger partial charge in [0.25, 0.3) is 0 Å². The van der Waals surface area contributed by atoms with Crippen molar-refractivity contribution < 1.29 is 28.6 Å². The molecule has 1 fully saturated rings. The van der Waals surface area contributed by atoms with Gasteiger partial charge in [-0.15, -0.1) is 0 Å². The van der Waals surface area contributed by atoms with E-state index in [1.165, 1.54) is 7.11 Å². The predicted octanol–water partition coefficient (Wildman–Crippen LogP) is 5.54. The maximum absolute atomic E-state index is 15.5. The Morgan fingerprint density at radius 2 is 1.89 bits per heavy atom. The van der Waals surface area contributed by atoms with E-state index in [1.54, 1.807) is 35.2 Å². The van der Waals surface area contributed by atoms with E-state index in [1.807, 2.05) is 29.0 Å². The molecule has 5 rings (SSSR count). The maximum Gasteiger partial charge on any atom is 0.303 e. The average molecular weight is 527 g/mol. The molecule has 7 nitrogen and oxygen atoms in total. The summed E-state index contributed by atoms with van der Waals surface area (Å²) in [6.07, 6.45) is 1.91. The second-order valence-corrected chi connectivity index (χ2v) is 9.94. The second-order valence-electron chi connectivity index (χ2n) is 9.50. The van der Waals surface area contributed by atoms with Crippen LogP contribution in [0.25, 0.3) is 5.69 Å². The molecule has 3 aromatic rings. The molecule has 9 heteroatoms. The lowest BCUT2D eigenvalue weighted by Crippen LogP contribution is -2.39. The molecule has 2 atom stereocenters. The quantitative estimate of drug-likeness (QED) is 0.456. The van der Waals surface area contributed by atoms with Crippen molar-refractivity contribution in [3.05, 3.63) is 82.4 Å². The van der Waals surface area contributed by atoms with E-state index in [9.17, 15) is 9.59 Å². The zero-order chi connectivity index (χ0) is 26.1. The molecule has 2 aromatic carbocycles. The number of carbonyl (C=O) groups excluding carboxylic acids is 1. The van der Waals surface area contributed by atoms with Crippen molar-refractivity contribution in [3.63, 3.8) is 0 Å². The van der Waals surface area contributed by atoms with Crippen LogP contribution in [0.3, 0.4) is 0 Å². The lowest BCUT2D eigenvalue weighted by molar-refractivity contribution is -0.139. The molecule has 0 saturated carbocycles. The lowest BCUT2D eigenvalue weighted by Gasteiger charge is -2.32. The van der Waals surface area contributed by atoms with Gasteiger partial charge >= 0.3 is 5.97 Å². The van der Waals surface area contributed by atoms with Crippen molar-refractivity contribution >= 4 is 23.5 Å². The number of carboxylic acids is 1. The van der Waals surface area contributed by atoms with E-state index < -0.39 is 24.0 Å². The highest BCUT2D eigenvalue weighted by molar-refractivity contribution is 6.30. The molecule has 37 heavy (non-hydrogen) atoms. The Labute approximate surface area is 219 Å². The third-order valence-electron chi connectivity index (χ3n) is 7.23. The SMILES string of the molecule is COc1cccc(C2OC(CC(=O)N3CCC(CC(=O)O)CC3)c3cccn3-c3ccc(Cl)cc32)c1F. The zero-order valence-corrected chi connectivity index (χ0v) is 21.2. The molecule has 2 aliphatic rings. The molecule has 2 aliphatic heterocycles. The summed E-state index contributed by atoms with van der Waals surface area (Å²) < 4.78 is 29.2. The molecule has 1 N–H and O–H groups in total. The van der Waals surface area contributed by atoms with Gasteiger partial charge < -0.3 is 24.0 Å². The first-order valence-corrected chi connectivity index (χ1v) is 12.7. The molecular formula is C28H28ClFN2O5. The minimum absolute atomic E-state index is 0.0669. The maximum atomic E-state index is 15.5. The normalized spacial score (nSPS) is 19.6. The van der Waals surface area contributed by atoms with Gasteiger partial charge in [0.15, 0.2) is 11.6 Å². The Hall–Kier alpha value is -3.36. The number of carbonyl (C=O) groups is 2. The fraction of sp³-hybridized carbons (Fsp3) is 0.357. The van der Waals surface area contributed by atoms with Crippen molar-refractivity contribution in [2.45, 2.75) is 37.9 Å². The van der Waals surface area contributed by atoms with Gasteiger partial charge in [0.1, 0.15) is 12.2 Å². The van der Waals surface area contributed by atoms with Gasteiger partial charge in [-0.2, -0.15) is 0 Å². The number of nitrogens with zero attached hydrogens (tertiary/aromatic N) is 2. The number of methoxy groups -OCH3 is 1. The number of carboxylic acid groups (broad SMARTS) is 1. The van der Waals surface area contributed by atoms with Crippen molar-refractivity contribution in [2.75, 3.05) is 20.2 Å². The lowest BCUT2D eigenvalue weighted by atomic mass is 9.93. The Morgan fingerprint density at radius 3 is 2.62 bits per heavy atom. The molecule has 1 amide bonds. The molecule has 0 aliphatic carbocycles.